The molecule has 2 saturated heterocycles. The van der Waals surface area contributed by atoms with Crippen LogP contribution >= 0.6 is 0 Å². The molecule has 0 spiro atoms. The summed E-state index contributed by atoms with van der Waals surface area (Å²) < 4.78 is 16.4. The number of hydrogen-bond donors (Lipinski definition) is 1. The van der Waals surface area contributed by atoms with Gasteiger partial charge in [0.05, 0.1) is 6.54 Å². The smallest absolute Gasteiger partial charge is 0.0637 e. The van der Waals surface area contributed by atoms with E-state index >= 15 is 0 Å². The van der Waals surface area contributed by atoms with Crippen molar-refractivity contribution in [3.8, 4) is 0 Å². The zero-order valence-electron chi connectivity index (χ0n) is 8.00. The van der Waals surface area contributed by atoms with Gasteiger partial charge in [-0.1, -0.05) is 0 Å². The lowest BCUT2D eigenvalue weighted by molar-refractivity contribution is 0.615. The average molecular weight is 202 g/mol. The van der Waals surface area contributed by atoms with Crippen molar-refractivity contribution in [2.75, 3.05) is 24.6 Å². The van der Waals surface area contributed by atoms with Crippen LogP contribution in [-0.2, 0) is 9.73 Å². The minimum Gasteiger partial charge on any atom is -0.312 e. The number of nitrogens with one attached hydrogen (secondary N) is 1. The first-order valence-corrected chi connectivity index (χ1v) is 7.05. The molecular formula is C9H18N2OS. The number of nitrogens with zero attached hydrogens (tertiary/aromatic N) is 1. The Labute approximate surface area is 80.5 Å². The van der Waals surface area contributed by atoms with E-state index in [2.05, 4.69) is 9.68 Å². The molecule has 2 aliphatic rings. The van der Waals surface area contributed by atoms with Crippen molar-refractivity contribution in [3.63, 3.8) is 0 Å². The van der Waals surface area contributed by atoms with Crippen LogP contribution in [0.2, 0.25) is 0 Å². The van der Waals surface area contributed by atoms with Crippen molar-refractivity contribution in [3.05, 3.63) is 0 Å². The molecule has 0 aliphatic carbocycles. The Kier molecular flexibility index (Phi) is 2.89. The molecule has 2 aliphatic heterocycles. The first kappa shape index (κ1) is 9.46. The highest BCUT2D eigenvalue weighted by molar-refractivity contribution is 7.93. The van der Waals surface area contributed by atoms with Gasteiger partial charge in [-0.25, -0.2) is 8.57 Å². The highest BCUT2D eigenvalue weighted by Gasteiger charge is 2.18. The van der Waals surface area contributed by atoms with Crippen molar-refractivity contribution >= 4 is 9.73 Å². The SMILES string of the molecule is O=S1(=NC[C@@H]2CCCN2)CCCC1. The van der Waals surface area contributed by atoms with Crippen LogP contribution < -0.4 is 5.32 Å². The first-order valence-electron chi connectivity index (χ1n) is 5.20. The van der Waals surface area contributed by atoms with Crippen LogP contribution in [0.15, 0.2) is 4.36 Å². The maximum atomic E-state index is 11.9. The maximum Gasteiger partial charge on any atom is 0.0637 e. The van der Waals surface area contributed by atoms with E-state index in [1.807, 2.05) is 0 Å². The van der Waals surface area contributed by atoms with Gasteiger partial charge < -0.3 is 5.32 Å². The highest BCUT2D eigenvalue weighted by Crippen LogP contribution is 2.14. The molecule has 2 fully saturated rings. The minimum atomic E-state index is -1.76. The van der Waals surface area contributed by atoms with Crippen LogP contribution in [0.3, 0.4) is 0 Å². The van der Waals surface area contributed by atoms with E-state index in [0.29, 0.717) is 6.04 Å². The predicted octanol–water partition coefficient (Wildman–Crippen LogP) is 1.00. The van der Waals surface area contributed by atoms with Crippen LogP contribution in [0.1, 0.15) is 25.7 Å². The van der Waals surface area contributed by atoms with Gasteiger partial charge in [0.15, 0.2) is 0 Å². The van der Waals surface area contributed by atoms with Gasteiger partial charge >= 0.3 is 0 Å². The third-order valence-corrected chi connectivity index (χ3v) is 5.34. The predicted molar refractivity (Wildman–Crippen MR) is 55.4 cm³/mol. The molecule has 0 unspecified atom stereocenters. The zero-order valence-corrected chi connectivity index (χ0v) is 8.81. The van der Waals surface area contributed by atoms with Gasteiger partial charge in [-0.05, 0) is 32.2 Å². The molecule has 0 amide bonds. The number of rotatable bonds is 2. The molecule has 0 aromatic rings. The lowest BCUT2D eigenvalue weighted by atomic mass is 10.2. The van der Waals surface area contributed by atoms with E-state index in [0.717, 1.165) is 37.4 Å². The molecule has 1 atom stereocenters. The van der Waals surface area contributed by atoms with Crippen LogP contribution in [0.5, 0.6) is 0 Å². The fourth-order valence-electron chi connectivity index (χ4n) is 2.02. The van der Waals surface area contributed by atoms with Crippen LogP contribution in [0.25, 0.3) is 0 Å². The molecular weight excluding hydrogens is 184 g/mol. The Bertz CT molecular complexity index is 263. The van der Waals surface area contributed by atoms with Gasteiger partial charge in [0.1, 0.15) is 0 Å². The van der Waals surface area contributed by atoms with Crippen LogP contribution in [0.4, 0.5) is 0 Å². The second-order valence-corrected chi connectivity index (χ2v) is 6.61. The summed E-state index contributed by atoms with van der Waals surface area (Å²) in [6.07, 6.45) is 4.68. The zero-order chi connectivity index (χ0) is 9.15. The summed E-state index contributed by atoms with van der Waals surface area (Å²) in [5.74, 6) is 1.69. The molecule has 0 saturated carbocycles. The van der Waals surface area contributed by atoms with Crippen molar-refractivity contribution in [1.82, 2.24) is 5.32 Å². The quantitative estimate of drug-likeness (QED) is 0.726. The van der Waals surface area contributed by atoms with Crippen molar-refractivity contribution in [2.24, 2.45) is 4.36 Å². The monoisotopic (exact) mass is 202 g/mol. The van der Waals surface area contributed by atoms with Gasteiger partial charge in [-0.2, -0.15) is 0 Å². The molecule has 0 radical (unpaired) electrons. The van der Waals surface area contributed by atoms with Gasteiger partial charge in [-0.15, -0.1) is 0 Å². The fraction of sp³-hybridized carbons (Fsp3) is 1.00. The van der Waals surface area contributed by atoms with Gasteiger partial charge in [0.2, 0.25) is 0 Å². The standard InChI is InChI=1S/C9H18N2OS/c12-13(6-1-2-7-13)11-8-9-4-3-5-10-9/h9-10H,1-8H2/t9-/m0/s1. The van der Waals surface area contributed by atoms with E-state index < -0.39 is 9.73 Å². The molecule has 0 bridgehead atoms. The average Bonchev–Trinajstić information content (AvgIpc) is 2.72. The third-order valence-electron chi connectivity index (χ3n) is 2.87. The molecule has 4 heteroatoms. The maximum absolute atomic E-state index is 11.9. The van der Waals surface area contributed by atoms with E-state index in [1.54, 1.807) is 0 Å². The van der Waals surface area contributed by atoms with E-state index in [4.69, 9.17) is 0 Å². The van der Waals surface area contributed by atoms with Crippen LogP contribution in [-0.4, -0.2) is 34.8 Å². The Morgan fingerprint density at radius 2 is 2.08 bits per heavy atom. The van der Waals surface area contributed by atoms with Gasteiger partial charge in [-0.3, -0.25) is 0 Å². The largest absolute Gasteiger partial charge is 0.312 e. The van der Waals surface area contributed by atoms with Gasteiger partial charge in [0.25, 0.3) is 0 Å². The summed E-state index contributed by atoms with van der Waals surface area (Å²) in [6, 6.07) is 0.513. The molecule has 2 rings (SSSR count). The summed E-state index contributed by atoms with van der Waals surface area (Å²) in [5.41, 5.74) is 0. The summed E-state index contributed by atoms with van der Waals surface area (Å²) in [4.78, 5) is 0. The van der Waals surface area contributed by atoms with E-state index in [-0.39, 0.29) is 0 Å². The molecule has 0 aromatic heterocycles. The fourth-order valence-corrected chi connectivity index (χ4v) is 4.25. The molecule has 3 nitrogen and oxygen atoms in total. The van der Waals surface area contributed by atoms with E-state index in [9.17, 15) is 4.21 Å². The highest BCUT2D eigenvalue weighted by atomic mass is 32.2. The topological polar surface area (TPSA) is 41.5 Å². The van der Waals surface area contributed by atoms with Crippen LogP contribution in [0, 0.1) is 0 Å². The van der Waals surface area contributed by atoms with E-state index in [1.165, 1.54) is 12.8 Å². The second-order valence-electron chi connectivity index (χ2n) is 3.99. The van der Waals surface area contributed by atoms with Gasteiger partial charge in [0, 0.05) is 27.3 Å². The lowest BCUT2D eigenvalue weighted by Gasteiger charge is -2.07. The minimum absolute atomic E-state index is 0.513. The molecule has 13 heavy (non-hydrogen) atoms. The Hall–Kier alpha value is -0.0900. The Balaban J connectivity index is 1.91. The Morgan fingerprint density at radius 3 is 2.69 bits per heavy atom. The molecule has 2 heterocycles. The van der Waals surface area contributed by atoms with Crippen molar-refractivity contribution in [2.45, 2.75) is 31.7 Å². The lowest BCUT2D eigenvalue weighted by Crippen LogP contribution is -2.25. The normalized spacial score (nSPS) is 32.2. The van der Waals surface area contributed by atoms with Crippen molar-refractivity contribution in [1.29, 1.82) is 0 Å². The molecule has 0 aromatic carbocycles. The summed E-state index contributed by atoms with van der Waals surface area (Å²) >= 11 is 0. The second kappa shape index (κ2) is 3.96. The summed E-state index contributed by atoms with van der Waals surface area (Å²) in [7, 11) is -1.76. The first-order chi connectivity index (χ1) is 6.29. The number of hydrogen-bond acceptors (Lipinski definition) is 3. The molecule has 1 N–H and O–H groups in total. The molecule has 76 valence electrons. The Morgan fingerprint density at radius 1 is 1.31 bits per heavy atom. The summed E-state index contributed by atoms with van der Waals surface area (Å²) in [6.45, 7) is 1.89. The third kappa shape index (κ3) is 2.44. The summed E-state index contributed by atoms with van der Waals surface area (Å²) in [5, 5.41) is 3.38. The van der Waals surface area contributed by atoms with Crippen molar-refractivity contribution < 1.29 is 4.21 Å².